The van der Waals surface area contributed by atoms with Crippen molar-refractivity contribution in [1.29, 1.82) is 0 Å². The average molecular weight is 316 g/mol. The van der Waals surface area contributed by atoms with Crippen molar-refractivity contribution in [3.8, 4) is 0 Å². The van der Waals surface area contributed by atoms with Gasteiger partial charge in [0, 0.05) is 6.20 Å². The zero-order valence-corrected chi connectivity index (χ0v) is 10.7. The SMILES string of the molecule is NC(=O)CC(NC(=O)c1ccc(Br)nc1)C(=O)O. The molecule has 1 aromatic rings. The summed E-state index contributed by atoms with van der Waals surface area (Å²) in [7, 11) is 0. The van der Waals surface area contributed by atoms with Crippen molar-refractivity contribution in [3.05, 3.63) is 28.5 Å². The molecule has 1 rings (SSSR count). The standard InChI is InChI=1S/C10H10BrN3O4/c11-7-2-1-5(4-13-7)9(16)14-6(10(17)18)3-8(12)15/h1-2,4,6H,3H2,(H2,12,15)(H,14,16)(H,17,18). The Bertz CT molecular complexity index is 475. The van der Waals surface area contributed by atoms with Gasteiger partial charge in [-0.15, -0.1) is 0 Å². The molecule has 18 heavy (non-hydrogen) atoms. The Kier molecular flexibility index (Phi) is 4.78. The van der Waals surface area contributed by atoms with Gasteiger partial charge in [0.1, 0.15) is 10.6 Å². The summed E-state index contributed by atoms with van der Waals surface area (Å²) in [5, 5.41) is 11.0. The lowest BCUT2D eigenvalue weighted by atomic mass is 10.2. The van der Waals surface area contributed by atoms with Crippen molar-refractivity contribution in [2.45, 2.75) is 12.5 Å². The number of hydrogen-bond acceptors (Lipinski definition) is 4. The van der Waals surface area contributed by atoms with Crippen molar-refractivity contribution in [2.75, 3.05) is 0 Å². The van der Waals surface area contributed by atoms with Crippen LogP contribution < -0.4 is 11.1 Å². The van der Waals surface area contributed by atoms with Crippen molar-refractivity contribution < 1.29 is 19.5 Å². The van der Waals surface area contributed by atoms with E-state index in [1.807, 2.05) is 0 Å². The number of nitrogens with zero attached hydrogens (tertiary/aromatic N) is 1. The van der Waals surface area contributed by atoms with Crippen LogP contribution in [0.5, 0.6) is 0 Å². The first-order chi connectivity index (χ1) is 8.40. The zero-order chi connectivity index (χ0) is 13.7. The Hall–Kier alpha value is -1.96. The first-order valence-electron chi connectivity index (χ1n) is 4.83. The number of aliphatic carboxylic acids is 1. The molecule has 0 aromatic carbocycles. The van der Waals surface area contributed by atoms with E-state index in [1.54, 1.807) is 6.07 Å². The molecular weight excluding hydrogens is 306 g/mol. The fourth-order valence-electron chi connectivity index (χ4n) is 1.15. The third kappa shape index (κ3) is 4.13. The molecule has 0 saturated heterocycles. The molecule has 1 heterocycles. The smallest absolute Gasteiger partial charge is 0.326 e. The predicted octanol–water partition coefficient (Wildman–Crippen LogP) is -0.0975. The van der Waals surface area contributed by atoms with E-state index in [-0.39, 0.29) is 5.56 Å². The van der Waals surface area contributed by atoms with Crippen molar-refractivity contribution in [3.63, 3.8) is 0 Å². The van der Waals surface area contributed by atoms with Gasteiger partial charge in [-0.3, -0.25) is 9.59 Å². The molecule has 0 fully saturated rings. The summed E-state index contributed by atoms with van der Waals surface area (Å²) in [5.74, 6) is -2.77. The van der Waals surface area contributed by atoms with Crippen LogP contribution in [0.3, 0.4) is 0 Å². The van der Waals surface area contributed by atoms with Crippen LogP contribution in [0.4, 0.5) is 0 Å². The van der Waals surface area contributed by atoms with E-state index in [4.69, 9.17) is 10.8 Å². The molecule has 0 bridgehead atoms. The molecule has 0 aliphatic rings. The molecular formula is C10H10BrN3O4. The van der Waals surface area contributed by atoms with E-state index in [0.29, 0.717) is 4.60 Å². The molecule has 96 valence electrons. The van der Waals surface area contributed by atoms with Crippen LogP contribution in [0, 0.1) is 0 Å². The third-order valence-electron chi connectivity index (χ3n) is 2.00. The maximum absolute atomic E-state index is 11.7. The monoisotopic (exact) mass is 315 g/mol. The highest BCUT2D eigenvalue weighted by molar-refractivity contribution is 9.10. The van der Waals surface area contributed by atoms with Crippen LogP contribution in [0.25, 0.3) is 0 Å². The fraction of sp³-hybridized carbons (Fsp3) is 0.200. The molecule has 0 aliphatic carbocycles. The van der Waals surface area contributed by atoms with Gasteiger partial charge < -0.3 is 16.2 Å². The number of carboxylic acid groups (broad SMARTS) is 1. The van der Waals surface area contributed by atoms with E-state index in [0.717, 1.165) is 0 Å². The summed E-state index contributed by atoms with van der Waals surface area (Å²) in [6.07, 6.45) is 0.813. The van der Waals surface area contributed by atoms with Crippen LogP contribution in [0.2, 0.25) is 0 Å². The first-order valence-corrected chi connectivity index (χ1v) is 5.63. The van der Waals surface area contributed by atoms with Crippen LogP contribution >= 0.6 is 15.9 Å². The second kappa shape index (κ2) is 6.10. The van der Waals surface area contributed by atoms with Gasteiger partial charge in [0.15, 0.2) is 0 Å². The molecule has 0 saturated carbocycles. The van der Waals surface area contributed by atoms with Crippen LogP contribution in [0.1, 0.15) is 16.8 Å². The maximum atomic E-state index is 11.7. The summed E-state index contributed by atoms with van der Waals surface area (Å²) in [6, 6.07) is 1.66. The molecule has 1 unspecified atom stereocenters. The van der Waals surface area contributed by atoms with Gasteiger partial charge in [-0.1, -0.05) is 0 Å². The van der Waals surface area contributed by atoms with E-state index in [1.165, 1.54) is 12.3 Å². The number of amides is 2. The number of rotatable bonds is 5. The van der Waals surface area contributed by atoms with Gasteiger partial charge in [0.25, 0.3) is 5.91 Å². The highest BCUT2D eigenvalue weighted by Gasteiger charge is 2.22. The number of nitrogens with one attached hydrogen (secondary N) is 1. The maximum Gasteiger partial charge on any atom is 0.326 e. The summed E-state index contributed by atoms with van der Waals surface area (Å²) >= 11 is 3.10. The van der Waals surface area contributed by atoms with E-state index < -0.39 is 30.2 Å². The highest BCUT2D eigenvalue weighted by atomic mass is 79.9. The van der Waals surface area contributed by atoms with E-state index >= 15 is 0 Å². The Labute approximate surface area is 111 Å². The molecule has 1 atom stereocenters. The lowest BCUT2D eigenvalue weighted by Crippen LogP contribution is -2.43. The van der Waals surface area contributed by atoms with Gasteiger partial charge in [-0.05, 0) is 28.1 Å². The highest BCUT2D eigenvalue weighted by Crippen LogP contribution is 2.06. The largest absolute Gasteiger partial charge is 0.480 e. The van der Waals surface area contributed by atoms with Crippen LogP contribution in [-0.4, -0.2) is 33.9 Å². The first kappa shape index (κ1) is 14.1. The number of carboxylic acids is 1. The Morgan fingerprint density at radius 1 is 1.44 bits per heavy atom. The van der Waals surface area contributed by atoms with Gasteiger partial charge >= 0.3 is 5.97 Å². The molecule has 7 nitrogen and oxygen atoms in total. The van der Waals surface area contributed by atoms with Gasteiger partial charge in [-0.2, -0.15) is 0 Å². The second-order valence-corrected chi connectivity index (χ2v) is 4.22. The molecule has 4 N–H and O–H groups in total. The van der Waals surface area contributed by atoms with Crippen LogP contribution in [0.15, 0.2) is 22.9 Å². The number of hydrogen-bond donors (Lipinski definition) is 3. The summed E-state index contributed by atoms with van der Waals surface area (Å²) in [4.78, 5) is 37.0. The molecule has 2 amide bonds. The Morgan fingerprint density at radius 2 is 2.11 bits per heavy atom. The lowest BCUT2D eigenvalue weighted by Gasteiger charge is -2.12. The van der Waals surface area contributed by atoms with Crippen LogP contribution in [-0.2, 0) is 9.59 Å². The van der Waals surface area contributed by atoms with Crippen molar-refractivity contribution in [2.24, 2.45) is 5.73 Å². The van der Waals surface area contributed by atoms with E-state index in [9.17, 15) is 14.4 Å². The molecule has 1 aromatic heterocycles. The van der Waals surface area contributed by atoms with E-state index in [2.05, 4.69) is 26.2 Å². The summed E-state index contributed by atoms with van der Waals surface area (Å²) in [5.41, 5.74) is 5.08. The number of carbonyl (C=O) groups is 3. The molecule has 8 heteroatoms. The Morgan fingerprint density at radius 3 is 2.56 bits per heavy atom. The molecule has 0 radical (unpaired) electrons. The fourth-order valence-corrected chi connectivity index (χ4v) is 1.39. The number of halogens is 1. The summed E-state index contributed by atoms with van der Waals surface area (Å²) in [6.45, 7) is 0. The number of carbonyl (C=O) groups excluding carboxylic acids is 2. The predicted molar refractivity (Wildman–Crippen MR) is 64.6 cm³/mol. The molecule has 0 aliphatic heterocycles. The van der Waals surface area contributed by atoms with Crippen molar-refractivity contribution in [1.82, 2.24) is 10.3 Å². The number of primary amides is 1. The Balaban J connectivity index is 2.75. The molecule has 0 spiro atoms. The minimum Gasteiger partial charge on any atom is -0.480 e. The minimum absolute atomic E-state index is 0.189. The lowest BCUT2D eigenvalue weighted by molar-refractivity contribution is -0.140. The number of pyridine rings is 1. The normalized spacial score (nSPS) is 11.6. The second-order valence-electron chi connectivity index (χ2n) is 3.40. The average Bonchev–Trinajstić information content (AvgIpc) is 2.28. The summed E-state index contributed by atoms with van der Waals surface area (Å²) < 4.78 is 0.547. The topological polar surface area (TPSA) is 122 Å². The third-order valence-corrected chi connectivity index (χ3v) is 2.47. The van der Waals surface area contributed by atoms with Crippen molar-refractivity contribution >= 4 is 33.7 Å². The van der Waals surface area contributed by atoms with Gasteiger partial charge in [0.05, 0.1) is 12.0 Å². The number of nitrogens with two attached hydrogens (primary N) is 1. The van der Waals surface area contributed by atoms with Gasteiger partial charge in [-0.25, -0.2) is 9.78 Å². The quantitative estimate of drug-likeness (QED) is 0.655. The van der Waals surface area contributed by atoms with Gasteiger partial charge in [0.2, 0.25) is 5.91 Å². The zero-order valence-electron chi connectivity index (χ0n) is 9.09. The number of aromatic nitrogens is 1. The minimum atomic E-state index is -1.35.